The Balaban J connectivity index is 2.01. The first kappa shape index (κ1) is 13.7. The maximum absolute atomic E-state index is 12.6. The molecule has 2 N–H and O–H groups in total. The number of H-pyrrole nitrogens is 1. The minimum Gasteiger partial charge on any atom is -0.285 e. The van der Waals surface area contributed by atoms with Crippen LogP contribution in [0.1, 0.15) is 18.5 Å². The lowest BCUT2D eigenvalue weighted by atomic mass is 10.2. The van der Waals surface area contributed by atoms with E-state index in [1.54, 1.807) is 55.8 Å². The van der Waals surface area contributed by atoms with Crippen LogP contribution in [-0.2, 0) is 10.0 Å². The number of hydrogen-bond acceptors (Lipinski definition) is 4. The number of fused-ring (bicyclic) bond motifs is 1. The summed E-state index contributed by atoms with van der Waals surface area (Å²) in [5.74, 6) is 0. The SMILES string of the molecule is CC(NS(=O)(=O)c1cccc2ncccc12)c1cn[nH]c1. The van der Waals surface area contributed by atoms with Crippen LogP contribution in [0.5, 0.6) is 0 Å². The molecule has 0 amide bonds. The Morgan fingerprint density at radius 2 is 2.10 bits per heavy atom. The number of sulfonamides is 1. The quantitative estimate of drug-likeness (QED) is 0.771. The number of aromatic nitrogens is 3. The topological polar surface area (TPSA) is 87.7 Å². The molecule has 108 valence electrons. The summed E-state index contributed by atoms with van der Waals surface area (Å²) < 4.78 is 27.8. The predicted molar refractivity (Wildman–Crippen MR) is 79.1 cm³/mol. The summed E-state index contributed by atoms with van der Waals surface area (Å²) in [6, 6.07) is 8.15. The summed E-state index contributed by atoms with van der Waals surface area (Å²) in [7, 11) is -3.64. The average molecular weight is 302 g/mol. The van der Waals surface area contributed by atoms with Crippen LogP contribution in [0.15, 0.2) is 53.8 Å². The molecule has 2 aromatic heterocycles. The lowest BCUT2D eigenvalue weighted by molar-refractivity contribution is 0.568. The zero-order valence-electron chi connectivity index (χ0n) is 11.3. The molecule has 21 heavy (non-hydrogen) atoms. The van der Waals surface area contributed by atoms with Gasteiger partial charge in [0, 0.05) is 29.4 Å². The second-order valence-corrected chi connectivity index (χ2v) is 6.38. The monoisotopic (exact) mass is 302 g/mol. The predicted octanol–water partition coefficient (Wildman–Crippen LogP) is 2.00. The van der Waals surface area contributed by atoms with Crippen molar-refractivity contribution in [2.75, 3.05) is 0 Å². The molecule has 1 unspecified atom stereocenters. The number of pyridine rings is 1. The van der Waals surface area contributed by atoms with E-state index in [1.807, 2.05) is 0 Å². The van der Waals surface area contributed by atoms with Crippen molar-refractivity contribution >= 4 is 20.9 Å². The number of nitrogens with one attached hydrogen (secondary N) is 2. The Morgan fingerprint density at radius 3 is 2.86 bits per heavy atom. The zero-order chi connectivity index (χ0) is 14.9. The molecule has 0 aliphatic heterocycles. The molecule has 0 bridgehead atoms. The highest BCUT2D eigenvalue weighted by Gasteiger charge is 2.21. The van der Waals surface area contributed by atoms with E-state index in [9.17, 15) is 8.42 Å². The second kappa shape index (κ2) is 5.27. The molecule has 0 saturated heterocycles. The summed E-state index contributed by atoms with van der Waals surface area (Å²) in [5.41, 5.74) is 1.42. The highest BCUT2D eigenvalue weighted by molar-refractivity contribution is 7.89. The standard InChI is InChI=1S/C14H14N4O2S/c1-10(11-8-16-17-9-11)18-21(19,20)14-6-2-5-13-12(14)4-3-7-15-13/h2-10,18H,1H3,(H,16,17). The first-order valence-corrected chi connectivity index (χ1v) is 7.91. The van der Waals surface area contributed by atoms with E-state index in [1.165, 1.54) is 0 Å². The summed E-state index contributed by atoms with van der Waals surface area (Å²) in [6.45, 7) is 1.77. The summed E-state index contributed by atoms with van der Waals surface area (Å²) >= 11 is 0. The van der Waals surface area contributed by atoms with Gasteiger partial charge in [0.15, 0.2) is 0 Å². The minimum atomic E-state index is -3.64. The van der Waals surface area contributed by atoms with Crippen LogP contribution in [0.3, 0.4) is 0 Å². The molecule has 0 aliphatic rings. The second-order valence-electron chi connectivity index (χ2n) is 4.70. The fourth-order valence-electron chi connectivity index (χ4n) is 2.17. The molecule has 3 rings (SSSR count). The molecule has 0 radical (unpaired) electrons. The van der Waals surface area contributed by atoms with Crippen LogP contribution in [0.2, 0.25) is 0 Å². The smallest absolute Gasteiger partial charge is 0.241 e. The van der Waals surface area contributed by atoms with Crippen molar-refractivity contribution in [1.29, 1.82) is 0 Å². The number of aromatic amines is 1. The Labute approximate surface area is 122 Å². The van der Waals surface area contributed by atoms with Crippen LogP contribution in [0.25, 0.3) is 10.9 Å². The van der Waals surface area contributed by atoms with Crippen LogP contribution < -0.4 is 4.72 Å². The fraction of sp³-hybridized carbons (Fsp3) is 0.143. The van der Waals surface area contributed by atoms with Crippen LogP contribution in [0, 0.1) is 0 Å². The highest BCUT2D eigenvalue weighted by atomic mass is 32.2. The number of hydrogen-bond donors (Lipinski definition) is 2. The molecular formula is C14H14N4O2S. The van der Waals surface area contributed by atoms with Crippen molar-refractivity contribution in [2.24, 2.45) is 0 Å². The number of rotatable bonds is 4. The van der Waals surface area contributed by atoms with Gasteiger partial charge >= 0.3 is 0 Å². The molecular weight excluding hydrogens is 288 g/mol. The van der Waals surface area contributed by atoms with Gasteiger partial charge in [0.05, 0.1) is 16.6 Å². The van der Waals surface area contributed by atoms with Crippen molar-refractivity contribution in [3.63, 3.8) is 0 Å². The van der Waals surface area contributed by atoms with Gasteiger partial charge in [-0.05, 0) is 31.2 Å². The molecule has 0 saturated carbocycles. The van der Waals surface area contributed by atoms with Crippen molar-refractivity contribution in [3.8, 4) is 0 Å². The molecule has 6 nitrogen and oxygen atoms in total. The lowest BCUT2D eigenvalue weighted by Gasteiger charge is -2.14. The molecule has 3 aromatic rings. The van der Waals surface area contributed by atoms with Gasteiger partial charge in [-0.25, -0.2) is 13.1 Å². The minimum absolute atomic E-state index is 0.225. The third kappa shape index (κ3) is 2.65. The maximum Gasteiger partial charge on any atom is 0.241 e. The van der Waals surface area contributed by atoms with E-state index in [2.05, 4.69) is 19.9 Å². The Kier molecular flexibility index (Phi) is 3.44. The van der Waals surface area contributed by atoms with E-state index in [0.29, 0.717) is 10.9 Å². The Bertz CT molecular complexity index is 854. The van der Waals surface area contributed by atoms with E-state index in [-0.39, 0.29) is 10.9 Å². The largest absolute Gasteiger partial charge is 0.285 e. The van der Waals surface area contributed by atoms with Gasteiger partial charge in [-0.2, -0.15) is 5.10 Å². The van der Waals surface area contributed by atoms with E-state index < -0.39 is 10.0 Å². The molecule has 0 aliphatic carbocycles. The van der Waals surface area contributed by atoms with E-state index >= 15 is 0 Å². The summed E-state index contributed by atoms with van der Waals surface area (Å²) in [4.78, 5) is 4.40. The van der Waals surface area contributed by atoms with Gasteiger partial charge in [0.25, 0.3) is 0 Å². The normalized spacial score (nSPS) is 13.4. The van der Waals surface area contributed by atoms with E-state index in [4.69, 9.17) is 0 Å². The van der Waals surface area contributed by atoms with Gasteiger partial charge in [0.1, 0.15) is 0 Å². The average Bonchev–Trinajstić information content (AvgIpc) is 3.00. The van der Waals surface area contributed by atoms with Gasteiger partial charge in [-0.1, -0.05) is 6.07 Å². The molecule has 1 aromatic carbocycles. The molecule has 7 heteroatoms. The summed E-state index contributed by atoms with van der Waals surface area (Å²) in [5, 5.41) is 7.10. The Hall–Kier alpha value is -2.25. The fourth-order valence-corrected chi connectivity index (χ4v) is 3.62. The highest BCUT2D eigenvalue weighted by Crippen LogP contribution is 2.23. The lowest BCUT2D eigenvalue weighted by Crippen LogP contribution is -2.26. The van der Waals surface area contributed by atoms with Crippen LogP contribution in [-0.4, -0.2) is 23.6 Å². The van der Waals surface area contributed by atoms with Crippen molar-refractivity contribution < 1.29 is 8.42 Å². The van der Waals surface area contributed by atoms with Gasteiger partial charge in [-0.3, -0.25) is 10.1 Å². The van der Waals surface area contributed by atoms with Crippen molar-refractivity contribution in [2.45, 2.75) is 17.9 Å². The molecule has 0 spiro atoms. The third-order valence-corrected chi connectivity index (χ3v) is 4.85. The molecule has 0 fully saturated rings. The Morgan fingerprint density at radius 1 is 1.24 bits per heavy atom. The van der Waals surface area contributed by atoms with Crippen molar-refractivity contribution in [1.82, 2.24) is 19.9 Å². The van der Waals surface area contributed by atoms with Gasteiger partial charge in [0.2, 0.25) is 10.0 Å². The first-order chi connectivity index (χ1) is 10.1. The number of nitrogens with zero attached hydrogens (tertiary/aromatic N) is 2. The molecule has 1 atom stereocenters. The first-order valence-electron chi connectivity index (χ1n) is 6.43. The van der Waals surface area contributed by atoms with Gasteiger partial charge in [-0.15, -0.1) is 0 Å². The molecule has 2 heterocycles. The van der Waals surface area contributed by atoms with Gasteiger partial charge < -0.3 is 0 Å². The third-order valence-electron chi connectivity index (χ3n) is 3.25. The van der Waals surface area contributed by atoms with E-state index in [0.717, 1.165) is 5.56 Å². The van der Waals surface area contributed by atoms with Crippen LogP contribution in [0.4, 0.5) is 0 Å². The summed E-state index contributed by atoms with van der Waals surface area (Å²) in [6.07, 6.45) is 4.90. The number of benzene rings is 1. The van der Waals surface area contributed by atoms with Crippen molar-refractivity contribution in [3.05, 3.63) is 54.5 Å². The van der Waals surface area contributed by atoms with Crippen LogP contribution >= 0.6 is 0 Å². The maximum atomic E-state index is 12.6. The zero-order valence-corrected chi connectivity index (χ0v) is 12.1.